The van der Waals surface area contributed by atoms with Crippen molar-refractivity contribution in [2.24, 2.45) is 0 Å². The predicted molar refractivity (Wildman–Crippen MR) is 113 cm³/mol. The van der Waals surface area contributed by atoms with Gasteiger partial charge in [0.05, 0.1) is 0 Å². The summed E-state index contributed by atoms with van der Waals surface area (Å²) >= 11 is 0. The number of carbonyl (C=O) groups excluding carboxylic acids is 3. The van der Waals surface area contributed by atoms with Crippen LogP contribution >= 0.6 is 0 Å². The molecule has 1 aliphatic rings. The Kier molecular flexibility index (Phi) is 6.36. The normalized spacial score (nSPS) is 15.2. The van der Waals surface area contributed by atoms with E-state index in [1.165, 1.54) is 6.08 Å². The fourth-order valence-corrected chi connectivity index (χ4v) is 3.86. The highest BCUT2D eigenvalue weighted by Gasteiger charge is 2.24. The third-order valence-corrected chi connectivity index (χ3v) is 5.37. The van der Waals surface area contributed by atoms with Gasteiger partial charge in [0.25, 0.3) is 11.8 Å². The maximum atomic E-state index is 12.9. The van der Waals surface area contributed by atoms with Crippen LogP contribution in [0.25, 0.3) is 10.9 Å². The molecule has 0 aliphatic carbocycles. The molecular weight excluding hydrogens is 368 g/mol. The number of aromatic nitrogens is 1. The number of carbonyl (C=O) groups is 3. The van der Waals surface area contributed by atoms with Crippen LogP contribution in [0.4, 0.5) is 0 Å². The first-order chi connectivity index (χ1) is 14.0. The first-order valence-electron chi connectivity index (χ1n) is 10.1. The minimum absolute atomic E-state index is 0.0927. The quantitative estimate of drug-likeness (QED) is 0.598. The summed E-state index contributed by atoms with van der Waals surface area (Å²) in [6.07, 6.45) is 3.59. The minimum atomic E-state index is -0.240. The molecule has 7 nitrogen and oxygen atoms in total. The van der Waals surface area contributed by atoms with E-state index in [9.17, 15) is 14.4 Å². The summed E-state index contributed by atoms with van der Waals surface area (Å²) in [5, 5.41) is 9.76. The lowest BCUT2D eigenvalue weighted by Crippen LogP contribution is -2.51. The molecular formula is C22H28N4O3. The maximum absolute atomic E-state index is 12.9. The Bertz CT molecular complexity index is 947. The van der Waals surface area contributed by atoms with Crippen molar-refractivity contribution < 1.29 is 14.4 Å². The highest BCUT2D eigenvalue weighted by atomic mass is 16.2. The van der Waals surface area contributed by atoms with Crippen LogP contribution in [-0.2, 0) is 11.3 Å². The molecule has 2 aromatic rings. The smallest absolute Gasteiger partial charge is 0.268 e. The first-order valence-corrected chi connectivity index (χ1v) is 10.1. The standard InChI is InChI=1S/C22H28N4O3/c1-4-7-17(24-20(27)6-3)16(5-2)25-21(28)15-9-8-14-12-19-22(29)23-10-11-26(19)18(14)13-15/h6,8-9,12-13,16-17H,3-5,7,10-11H2,1-2H3,(H,23,29)(H,24,27)(H,25,28). The summed E-state index contributed by atoms with van der Waals surface area (Å²) in [6, 6.07) is 6.97. The van der Waals surface area contributed by atoms with Crippen LogP contribution in [0.2, 0.25) is 0 Å². The number of hydrogen-bond donors (Lipinski definition) is 3. The van der Waals surface area contributed by atoms with Crippen molar-refractivity contribution in [1.29, 1.82) is 0 Å². The number of hydrogen-bond acceptors (Lipinski definition) is 3. The molecule has 0 saturated carbocycles. The molecule has 0 radical (unpaired) electrons. The van der Waals surface area contributed by atoms with Crippen molar-refractivity contribution >= 4 is 28.6 Å². The van der Waals surface area contributed by atoms with Crippen LogP contribution in [0.1, 0.15) is 54.0 Å². The molecule has 154 valence electrons. The molecule has 3 N–H and O–H groups in total. The number of rotatable bonds is 8. The van der Waals surface area contributed by atoms with Crippen molar-refractivity contribution in [3.63, 3.8) is 0 Å². The molecule has 0 bridgehead atoms. The van der Waals surface area contributed by atoms with Crippen LogP contribution in [0.5, 0.6) is 0 Å². The summed E-state index contributed by atoms with van der Waals surface area (Å²) in [7, 11) is 0. The van der Waals surface area contributed by atoms with Crippen molar-refractivity contribution in [2.45, 2.75) is 51.7 Å². The molecule has 0 saturated heterocycles. The summed E-state index contributed by atoms with van der Waals surface area (Å²) < 4.78 is 1.95. The van der Waals surface area contributed by atoms with Crippen LogP contribution in [0.3, 0.4) is 0 Å². The Balaban J connectivity index is 1.83. The lowest BCUT2D eigenvalue weighted by Gasteiger charge is -2.27. The van der Waals surface area contributed by atoms with Gasteiger partial charge in [-0.25, -0.2) is 0 Å². The van der Waals surface area contributed by atoms with E-state index in [0.717, 1.165) is 23.7 Å². The Labute approximate surface area is 170 Å². The summed E-state index contributed by atoms with van der Waals surface area (Å²) in [6.45, 7) is 8.78. The molecule has 7 heteroatoms. The molecule has 1 aliphatic heterocycles. The Morgan fingerprint density at radius 1 is 1.24 bits per heavy atom. The van der Waals surface area contributed by atoms with E-state index in [4.69, 9.17) is 0 Å². The zero-order chi connectivity index (χ0) is 21.0. The zero-order valence-electron chi connectivity index (χ0n) is 17.0. The number of nitrogens with one attached hydrogen (secondary N) is 3. The fourth-order valence-electron chi connectivity index (χ4n) is 3.86. The Hall–Kier alpha value is -3.09. The SMILES string of the molecule is C=CC(=O)NC(CCC)C(CC)NC(=O)c1ccc2cc3n(c2c1)CCNC3=O. The highest BCUT2D eigenvalue weighted by Crippen LogP contribution is 2.23. The van der Waals surface area contributed by atoms with Crippen molar-refractivity contribution in [1.82, 2.24) is 20.5 Å². The van der Waals surface area contributed by atoms with E-state index in [1.54, 1.807) is 6.07 Å². The topological polar surface area (TPSA) is 92.2 Å². The predicted octanol–water partition coefficient (Wildman–Crippen LogP) is 2.36. The minimum Gasteiger partial charge on any atom is -0.349 e. The molecule has 1 aromatic heterocycles. The van der Waals surface area contributed by atoms with E-state index < -0.39 is 0 Å². The first kappa shape index (κ1) is 20.6. The van der Waals surface area contributed by atoms with Gasteiger partial charge >= 0.3 is 0 Å². The van der Waals surface area contributed by atoms with Crippen LogP contribution in [-0.4, -0.2) is 40.9 Å². The second-order valence-electron chi connectivity index (χ2n) is 7.31. The van der Waals surface area contributed by atoms with E-state index in [1.807, 2.05) is 36.6 Å². The third kappa shape index (κ3) is 4.34. The molecule has 0 fully saturated rings. The lowest BCUT2D eigenvalue weighted by atomic mass is 10.00. The van der Waals surface area contributed by atoms with Crippen LogP contribution in [0, 0.1) is 0 Å². The van der Waals surface area contributed by atoms with Gasteiger partial charge < -0.3 is 20.5 Å². The highest BCUT2D eigenvalue weighted by molar-refractivity contribution is 6.02. The molecule has 0 spiro atoms. The number of nitrogens with zero attached hydrogens (tertiary/aromatic N) is 1. The zero-order valence-corrected chi connectivity index (χ0v) is 17.0. The fraction of sp³-hybridized carbons (Fsp3) is 0.409. The Morgan fingerprint density at radius 3 is 2.72 bits per heavy atom. The third-order valence-electron chi connectivity index (χ3n) is 5.37. The van der Waals surface area contributed by atoms with Crippen molar-refractivity contribution in [2.75, 3.05) is 6.54 Å². The van der Waals surface area contributed by atoms with Gasteiger partial charge in [-0.2, -0.15) is 0 Å². The van der Waals surface area contributed by atoms with Gasteiger partial charge in [-0.15, -0.1) is 0 Å². The average Bonchev–Trinajstić information content (AvgIpc) is 3.10. The van der Waals surface area contributed by atoms with Gasteiger partial charge in [0.2, 0.25) is 5.91 Å². The van der Waals surface area contributed by atoms with E-state index in [2.05, 4.69) is 22.5 Å². The molecule has 2 heterocycles. The van der Waals surface area contributed by atoms with Gasteiger partial charge in [0.1, 0.15) is 5.69 Å². The van der Waals surface area contributed by atoms with Gasteiger partial charge in [0.15, 0.2) is 0 Å². The average molecular weight is 396 g/mol. The van der Waals surface area contributed by atoms with Crippen molar-refractivity contribution in [3.8, 4) is 0 Å². The molecule has 29 heavy (non-hydrogen) atoms. The van der Waals surface area contributed by atoms with E-state index in [0.29, 0.717) is 30.8 Å². The van der Waals surface area contributed by atoms with Crippen LogP contribution in [0.15, 0.2) is 36.9 Å². The molecule has 1 aromatic carbocycles. The Morgan fingerprint density at radius 2 is 2.03 bits per heavy atom. The molecule has 3 amide bonds. The van der Waals surface area contributed by atoms with Gasteiger partial charge in [-0.3, -0.25) is 14.4 Å². The second-order valence-corrected chi connectivity index (χ2v) is 7.31. The van der Waals surface area contributed by atoms with Crippen molar-refractivity contribution in [3.05, 3.63) is 48.2 Å². The second kappa shape index (κ2) is 8.94. The molecule has 2 atom stereocenters. The monoisotopic (exact) mass is 396 g/mol. The van der Waals surface area contributed by atoms with Gasteiger partial charge in [-0.05, 0) is 37.1 Å². The van der Waals surface area contributed by atoms with Crippen LogP contribution < -0.4 is 16.0 Å². The lowest BCUT2D eigenvalue weighted by molar-refractivity contribution is -0.117. The summed E-state index contributed by atoms with van der Waals surface area (Å²) in [4.78, 5) is 36.8. The van der Waals surface area contributed by atoms with E-state index in [-0.39, 0.29) is 29.8 Å². The maximum Gasteiger partial charge on any atom is 0.268 e. The number of fused-ring (bicyclic) bond motifs is 3. The van der Waals surface area contributed by atoms with Gasteiger partial charge in [-0.1, -0.05) is 32.9 Å². The molecule has 2 unspecified atom stereocenters. The summed E-state index contributed by atoms with van der Waals surface area (Å²) in [5.74, 6) is -0.524. The van der Waals surface area contributed by atoms with E-state index >= 15 is 0 Å². The summed E-state index contributed by atoms with van der Waals surface area (Å²) in [5.41, 5.74) is 2.03. The largest absolute Gasteiger partial charge is 0.349 e. The van der Waals surface area contributed by atoms with Gasteiger partial charge in [0, 0.05) is 41.6 Å². The molecule has 3 rings (SSSR count). The number of amides is 3. The number of benzene rings is 1.